The highest BCUT2D eigenvalue weighted by Crippen LogP contribution is 2.35. The summed E-state index contributed by atoms with van der Waals surface area (Å²) in [5.74, 6) is -1.42. The topological polar surface area (TPSA) is 108 Å². The van der Waals surface area contributed by atoms with Gasteiger partial charge in [-0.25, -0.2) is 4.79 Å². The largest absolute Gasteiger partial charge is 0.483 e. The number of aryl methyl sites for hydroxylation is 1. The summed E-state index contributed by atoms with van der Waals surface area (Å²) in [4.78, 5) is 37.6. The van der Waals surface area contributed by atoms with Gasteiger partial charge in [-0.05, 0) is 43.2 Å². The molecule has 0 atom stereocenters. The molecular weight excluding hydrogens is 416 g/mol. The van der Waals surface area contributed by atoms with Crippen LogP contribution in [0.5, 0.6) is 5.75 Å². The van der Waals surface area contributed by atoms with Gasteiger partial charge in [0, 0.05) is 4.88 Å². The standard InChI is InChI=1S/C23H22N2O5S/c1-3-29-23(28)21-17(12-19(31-21)15-7-5-4-6-8-15)25-20(26)13-30-18-11-14(2)9-10-16(18)22(24)27/h4-12H,3,13H2,1-2H3,(H2,24,27)(H,25,26). The third-order valence-corrected chi connectivity index (χ3v) is 5.45. The van der Waals surface area contributed by atoms with Crippen LogP contribution < -0.4 is 15.8 Å². The van der Waals surface area contributed by atoms with Crippen LogP contribution in [0.25, 0.3) is 10.4 Å². The van der Waals surface area contributed by atoms with E-state index in [0.717, 1.165) is 16.0 Å². The molecule has 160 valence electrons. The van der Waals surface area contributed by atoms with Crippen molar-refractivity contribution in [2.45, 2.75) is 13.8 Å². The zero-order valence-electron chi connectivity index (χ0n) is 17.1. The number of primary amides is 1. The molecule has 0 saturated carbocycles. The molecule has 0 fully saturated rings. The van der Waals surface area contributed by atoms with Crippen molar-refractivity contribution in [3.05, 3.63) is 70.6 Å². The predicted molar refractivity (Wildman–Crippen MR) is 120 cm³/mol. The summed E-state index contributed by atoms with van der Waals surface area (Å²) in [6.07, 6.45) is 0. The van der Waals surface area contributed by atoms with Crippen LogP contribution in [0.3, 0.4) is 0 Å². The predicted octanol–water partition coefficient (Wildman–Crippen LogP) is 4.02. The van der Waals surface area contributed by atoms with Crippen molar-refractivity contribution in [2.24, 2.45) is 5.73 Å². The van der Waals surface area contributed by atoms with E-state index in [-0.39, 0.29) is 24.5 Å². The van der Waals surface area contributed by atoms with Gasteiger partial charge in [0.25, 0.3) is 11.8 Å². The third-order valence-electron chi connectivity index (χ3n) is 4.29. The Balaban J connectivity index is 1.79. The lowest BCUT2D eigenvalue weighted by molar-refractivity contribution is -0.118. The highest BCUT2D eigenvalue weighted by atomic mass is 32.1. The molecule has 0 saturated heterocycles. The molecule has 2 aromatic carbocycles. The number of nitrogens with one attached hydrogen (secondary N) is 1. The summed E-state index contributed by atoms with van der Waals surface area (Å²) in [5, 5.41) is 2.70. The summed E-state index contributed by atoms with van der Waals surface area (Å²) >= 11 is 1.23. The van der Waals surface area contributed by atoms with Crippen LogP contribution in [0, 0.1) is 6.92 Å². The summed E-state index contributed by atoms with van der Waals surface area (Å²) < 4.78 is 10.6. The number of hydrogen-bond acceptors (Lipinski definition) is 6. The van der Waals surface area contributed by atoms with Crippen LogP contribution in [-0.2, 0) is 9.53 Å². The lowest BCUT2D eigenvalue weighted by Crippen LogP contribution is -2.22. The highest BCUT2D eigenvalue weighted by molar-refractivity contribution is 7.18. The molecule has 31 heavy (non-hydrogen) atoms. The van der Waals surface area contributed by atoms with Crippen molar-refractivity contribution >= 4 is 34.8 Å². The molecule has 3 aromatic rings. The van der Waals surface area contributed by atoms with E-state index in [2.05, 4.69) is 5.32 Å². The quantitative estimate of drug-likeness (QED) is 0.517. The Kier molecular flexibility index (Phi) is 7.04. The van der Waals surface area contributed by atoms with E-state index < -0.39 is 17.8 Å². The Morgan fingerprint density at radius 3 is 2.48 bits per heavy atom. The van der Waals surface area contributed by atoms with Gasteiger partial charge in [0.1, 0.15) is 10.6 Å². The summed E-state index contributed by atoms with van der Waals surface area (Å²) in [6.45, 7) is 3.41. The van der Waals surface area contributed by atoms with E-state index in [9.17, 15) is 14.4 Å². The zero-order chi connectivity index (χ0) is 22.4. The van der Waals surface area contributed by atoms with Crippen molar-refractivity contribution in [2.75, 3.05) is 18.5 Å². The first kappa shape index (κ1) is 22.0. The molecule has 3 N–H and O–H groups in total. The van der Waals surface area contributed by atoms with Crippen LogP contribution in [-0.4, -0.2) is 31.0 Å². The fourth-order valence-electron chi connectivity index (χ4n) is 2.86. The first-order valence-corrected chi connectivity index (χ1v) is 10.4. The number of thiophene rings is 1. The second-order valence-electron chi connectivity index (χ2n) is 6.64. The number of nitrogens with two attached hydrogens (primary N) is 1. The number of amides is 2. The number of carbonyl (C=O) groups excluding carboxylic acids is 3. The van der Waals surface area contributed by atoms with Gasteiger partial charge in [-0.1, -0.05) is 36.4 Å². The number of hydrogen-bond donors (Lipinski definition) is 2. The normalized spacial score (nSPS) is 10.4. The maximum absolute atomic E-state index is 12.5. The van der Waals surface area contributed by atoms with Crippen LogP contribution in [0.15, 0.2) is 54.6 Å². The maximum Gasteiger partial charge on any atom is 0.350 e. The summed E-state index contributed by atoms with van der Waals surface area (Å²) in [6, 6.07) is 16.2. The Morgan fingerprint density at radius 2 is 1.81 bits per heavy atom. The molecule has 8 heteroatoms. The molecule has 0 radical (unpaired) electrons. The molecule has 0 aliphatic rings. The number of ether oxygens (including phenoxy) is 2. The second kappa shape index (κ2) is 9.90. The third kappa shape index (κ3) is 5.49. The monoisotopic (exact) mass is 438 g/mol. The van der Waals surface area contributed by atoms with Crippen molar-refractivity contribution in [3.8, 4) is 16.2 Å². The van der Waals surface area contributed by atoms with Gasteiger partial charge in [0.15, 0.2) is 6.61 Å². The average molecular weight is 439 g/mol. The molecular formula is C23H22N2O5S. The van der Waals surface area contributed by atoms with Gasteiger partial charge >= 0.3 is 5.97 Å². The van der Waals surface area contributed by atoms with Crippen molar-refractivity contribution in [1.29, 1.82) is 0 Å². The minimum Gasteiger partial charge on any atom is -0.483 e. The highest BCUT2D eigenvalue weighted by Gasteiger charge is 2.20. The Hall–Kier alpha value is -3.65. The molecule has 0 aliphatic carbocycles. The van der Waals surface area contributed by atoms with Gasteiger partial charge < -0.3 is 20.5 Å². The molecule has 7 nitrogen and oxygen atoms in total. The first-order valence-electron chi connectivity index (χ1n) is 9.58. The van der Waals surface area contributed by atoms with Gasteiger partial charge in [-0.3, -0.25) is 9.59 Å². The summed E-state index contributed by atoms with van der Waals surface area (Å²) in [5.41, 5.74) is 7.67. The van der Waals surface area contributed by atoms with Crippen LogP contribution in [0.1, 0.15) is 32.5 Å². The lowest BCUT2D eigenvalue weighted by Gasteiger charge is -2.11. The van der Waals surface area contributed by atoms with Crippen LogP contribution >= 0.6 is 11.3 Å². The van der Waals surface area contributed by atoms with Crippen molar-refractivity contribution in [3.63, 3.8) is 0 Å². The minimum atomic E-state index is -0.648. The van der Waals surface area contributed by atoms with Gasteiger partial charge in [0.2, 0.25) is 0 Å². The minimum absolute atomic E-state index is 0.188. The molecule has 0 bridgehead atoms. The molecule has 1 heterocycles. The number of benzene rings is 2. The first-order chi connectivity index (χ1) is 14.9. The van der Waals surface area contributed by atoms with E-state index in [1.807, 2.05) is 37.3 Å². The zero-order valence-corrected chi connectivity index (χ0v) is 18.0. The Morgan fingerprint density at radius 1 is 1.06 bits per heavy atom. The molecule has 2 amide bonds. The van der Waals surface area contributed by atoms with E-state index >= 15 is 0 Å². The van der Waals surface area contributed by atoms with Gasteiger partial charge in [-0.2, -0.15) is 0 Å². The van der Waals surface area contributed by atoms with E-state index in [1.165, 1.54) is 11.3 Å². The average Bonchev–Trinajstić information content (AvgIpc) is 3.16. The van der Waals surface area contributed by atoms with Crippen molar-refractivity contribution in [1.82, 2.24) is 0 Å². The molecule has 0 unspecified atom stereocenters. The van der Waals surface area contributed by atoms with Crippen molar-refractivity contribution < 1.29 is 23.9 Å². The molecule has 0 aliphatic heterocycles. The summed E-state index contributed by atoms with van der Waals surface area (Å²) in [7, 11) is 0. The number of anilines is 1. The maximum atomic E-state index is 12.5. The van der Waals surface area contributed by atoms with E-state index in [0.29, 0.717) is 10.6 Å². The lowest BCUT2D eigenvalue weighted by atomic mass is 10.1. The number of carbonyl (C=O) groups is 3. The van der Waals surface area contributed by atoms with E-state index in [4.69, 9.17) is 15.2 Å². The fourth-order valence-corrected chi connectivity index (χ4v) is 3.87. The number of rotatable bonds is 8. The molecule has 1 aromatic heterocycles. The molecule has 0 spiro atoms. The molecule has 3 rings (SSSR count). The smallest absolute Gasteiger partial charge is 0.350 e. The van der Waals surface area contributed by atoms with Crippen LogP contribution in [0.4, 0.5) is 5.69 Å². The van der Waals surface area contributed by atoms with Gasteiger partial charge in [-0.15, -0.1) is 11.3 Å². The van der Waals surface area contributed by atoms with E-state index in [1.54, 1.807) is 31.2 Å². The Bertz CT molecular complexity index is 1110. The second-order valence-corrected chi connectivity index (χ2v) is 7.69. The SMILES string of the molecule is CCOC(=O)c1sc(-c2ccccc2)cc1NC(=O)COc1cc(C)ccc1C(N)=O. The van der Waals surface area contributed by atoms with Crippen LogP contribution in [0.2, 0.25) is 0 Å². The fraction of sp³-hybridized carbons (Fsp3) is 0.174. The Labute approximate surface area is 183 Å². The van der Waals surface area contributed by atoms with Gasteiger partial charge in [0.05, 0.1) is 17.9 Å². The number of esters is 1.